The zero-order chi connectivity index (χ0) is 14.4. The Morgan fingerprint density at radius 3 is 2.75 bits per heavy atom. The second kappa shape index (κ2) is 7.70. The van der Waals surface area contributed by atoms with Crippen LogP contribution >= 0.6 is 11.8 Å². The molecule has 1 aromatic rings. The number of nitrogens with one attached hydrogen (secondary N) is 2. The molecule has 1 aliphatic rings. The minimum Gasteiger partial charge on any atom is -0.335 e. The number of piperidine rings is 1. The van der Waals surface area contributed by atoms with Crippen LogP contribution in [-0.2, 0) is 4.79 Å². The molecular formula is C16H25N2OS+. The molecule has 3 nitrogen and oxygen atoms in total. The van der Waals surface area contributed by atoms with E-state index in [1.165, 1.54) is 49.8 Å². The number of rotatable bonds is 5. The van der Waals surface area contributed by atoms with Crippen molar-refractivity contribution >= 4 is 23.4 Å². The molecule has 1 saturated heterocycles. The van der Waals surface area contributed by atoms with Gasteiger partial charge in [0, 0.05) is 29.7 Å². The number of amides is 1. The molecular weight excluding hydrogens is 268 g/mol. The van der Waals surface area contributed by atoms with Gasteiger partial charge in [0.1, 0.15) is 0 Å². The third kappa shape index (κ3) is 4.84. The first-order valence-corrected chi connectivity index (χ1v) is 8.46. The van der Waals surface area contributed by atoms with Gasteiger partial charge in [-0.2, -0.15) is 0 Å². The second-order valence-electron chi connectivity index (χ2n) is 5.63. The summed E-state index contributed by atoms with van der Waals surface area (Å²) >= 11 is 1.92. The molecule has 2 atom stereocenters. The van der Waals surface area contributed by atoms with Gasteiger partial charge < -0.3 is 10.2 Å². The minimum absolute atomic E-state index is 0.0197. The number of hydrogen-bond acceptors (Lipinski definition) is 2. The topological polar surface area (TPSA) is 33.5 Å². The van der Waals surface area contributed by atoms with Crippen LogP contribution in [0, 0.1) is 0 Å². The van der Waals surface area contributed by atoms with Crippen LogP contribution in [0.25, 0.3) is 0 Å². The van der Waals surface area contributed by atoms with Crippen LogP contribution in [-0.4, -0.2) is 31.3 Å². The van der Waals surface area contributed by atoms with Crippen LogP contribution in [0.5, 0.6) is 0 Å². The zero-order valence-corrected chi connectivity index (χ0v) is 13.3. The van der Waals surface area contributed by atoms with Crippen molar-refractivity contribution in [1.82, 2.24) is 0 Å². The molecule has 1 fully saturated rings. The number of anilines is 1. The largest absolute Gasteiger partial charge is 0.335 e. The molecule has 0 saturated carbocycles. The molecule has 1 aliphatic heterocycles. The molecule has 2 rings (SSSR count). The molecule has 0 aliphatic carbocycles. The maximum Gasteiger partial charge on any atom is 0.221 e. The standard InChI is InChI=1S/C16H24N2OS/c1-13(19)17-14-6-8-16(9-7-14)20-12-10-15-5-3-4-11-18(15)2/h6-9,15H,3-5,10-12H2,1-2H3,(H,17,19)/p+1/t15-/m0/s1. The summed E-state index contributed by atoms with van der Waals surface area (Å²) < 4.78 is 0. The summed E-state index contributed by atoms with van der Waals surface area (Å²) in [6, 6.07) is 8.97. The summed E-state index contributed by atoms with van der Waals surface area (Å²) in [6.45, 7) is 2.87. The fourth-order valence-electron chi connectivity index (χ4n) is 2.79. The van der Waals surface area contributed by atoms with E-state index in [2.05, 4.69) is 24.5 Å². The average molecular weight is 293 g/mol. The predicted molar refractivity (Wildman–Crippen MR) is 85.5 cm³/mol. The van der Waals surface area contributed by atoms with Crippen LogP contribution in [0.1, 0.15) is 32.6 Å². The van der Waals surface area contributed by atoms with Crippen molar-refractivity contribution < 1.29 is 9.69 Å². The highest BCUT2D eigenvalue weighted by atomic mass is 32.2. The Labute approximate surface area is 126 Å². The van der Waals surface area contributed by atoms with E-state index in [0.29, 0.717) is 0 Å². The highest BCUT2D eigenvalue weighted by Crippen LogP contribution is 2.22. The Kier molecular flexibility index (Phi) is 5.92. The van der Waals surface area contributed by atoms with Gasteiger partial charge in [-0.15, -0.1) is 11.8 Å². The van der Waals surface area contributed by atoms with Crippen molar-refractivity contribution in [3.63, 3.8) is 0 Å². The second-order valence-corrected chi connectivity index (χ2v) is 6.80. The lowest BCUT2D eigenvalue weighted by Gasteiger charge is -2.29. The minimum atomic E-state index is -0.0197. The third-order valence-electron chi connectivity index (χ3n) is 3.98. The Bertz CT molecular complexity index is 433. The summed E-state index contributed by atoms with van der Waals surface area (Å²) in [5.74, 6) is 1.16. The first-order valence-electron chi connectivity index (χ1n) is 7.48. The van der Waals surface area contributed by atoms with Gasteiger partial charge in [-0.1, -0.05) is 0 Å². The van der Waals surface area contributed by atoms with E-state index >= 15 is 0 Å². The third-order valence-corrected chi connectivity index (χ3v) is 5.03. The van der Waals surface area contributed by atoms with E-state index in [9.17, 15) is 4.79 Å². The number of benzene rings is 1. The normalized spacial score (nSPS) is 22.5. The zero-order valence-electron chi connectivity index (χ0n) is 12.4. The number of likely N-dealkylation sites (tertiary alicyclic amines) is 1. The van der Waals surface area contributed by atoms with Gasteiger partial charge in [0.15, 0.2) is 0 Å². The lowest BCUT2D eigenvalue weighted by Crippen LogP contribution is -3.13. The number of quaternary nitrogens is 1. The smallest absolute Gasteiger partial charge is 0.221 e. The summed E-state index contributed by atoms with van der Waals surface area (Å²) in [4.78, 5) is 13.9. The lowest BCUT2D eigenvalue weighted by atomic mass is 10.0. The van der Waals surface area contributed by atoms with Crippen LogP contribution in [0.4, 0.5) is 5.69 Å². The van der Waals surface area contributed by atoms with E-state index in [4.69, 9.17) is 0 Å². The lowest BCUT2D eigenvalue weighted by molar-refractivity contribution is -0.911. The molecule has 1 amide bonds. The molecule has 1 aromatic carbocycles. The number of carbonyl (C=O) groups is 1. The molecule has 20 heavy (non-hydrogen) atoms. The quantitative estimate of drug-likeness (QED) is 0.816. The summed E-state index contributed by atoms with van der Waals surface area (Å²) in [5.41, 5.74) is 0.873. The highest BCUT2D eigenvalue weighted by Gasteiger charge is 2.21. The van der Waals surface area contributed by atoms with Crippen molar-refractivity contribution in [3.05, 3.63) is 24.3 Å². The van der Waals surface area contributed by atoms with Crippen LogP contribution < -0.4 is 10.2 Å². The molecule has 0 radical (unpaired) electrons. The maximum atomic E-state index is 11.0. The highest BCUT2D eigenvalue weighted by molar-refractivity contribution is 7.99. The molecule has 0 spiro atoms. The first kappa shape index (κ1) is 15.4. The molecule has 110 valence electrons. The van der Waals surface area contributed by atoms with Crippen LogP contribution in [0.2, 0.25) is 0 Å². The Hall–Kier alpha value is -1.00. The molecule has 2 N–H and O–H groups in total. The van der Waals surface area contributed by atoms with Gasteiger partial charge >= 0.3 is 0 Å². The SMILES string of the molecule is CC(=O)Nc1ccc(SCC[C@@H]2CCCC[NH+]2C)cc1. The number of thioether (sulfide) groups is 1. The van der Waals surface area contributed by atoms with Gasteiger partial charge in [-0.05, 0) is 43.5 Å². The van der Waals surface area contributed by atoms with Gasteiger partial charge in [0.2, 0.25) is 5.91 Å². The monoisotopic (exact) mass is 293 g/mol. The van der Waals surface area contributed by atoms with Crippen molar-refractivity contribution in [2.75, 3.05) is 24.7 Å². The fourth-order valence-corrected chi connectivity index (χ4v) is 3.76. The number of hydrogen-bond donors (Lipinski definition) is 2. The van der Waals surface area contributed by atoms with Gasteiger partial charge in [0.05, 0.1) is 19.6 Å². The number of carbonyl (C=O) groups excluding carboxylic acids is 1. The van der Waals surface area contributed by atoms with Crippen molar-refractivity contribution in [2.24, 2.45) is 0 Å². The average Bonchev–Trinajstić information content (AvgIpc) is 2.42. The molecule has 1 heterocycles. The Morgan fingerprint density at radius 1 is 1.35 bits per heavy atom. The van der Waals surface area contributed by atoms with E-state index in [1.54, 1.807) is 4.90 Å². The first-order chi connectivity index (χ1) is 9.65. The van der Waals surface area contributed by atoms with Crippen molar-refractivity contribution in [2.45, 2.75) is 43.5 Å². The van der Waals surface area contributed by atoms with E-state index < -0.39 is 0 Å². The summed E-state index contributed by atoms with van der Waals surface area (Å²) in [7, 11) is 2.33. The predicted octanol–water partition coefficient (Wildman–Crippen LogP) is 2.19. The summed E-state index contributed by atoms with van der Waals surface area (Å²) in [6.07, 6.45) is 5.47. The maximum absolute atomic E-state index is 11.0. The van der Waals surface area contributed by atoms with Crippen LogP contribution in [0.15, 0.2) is 29.2 Å². The van der Waals surface area contributed by atoms with E-state index in [1.807, 2.05) is 23.9 Å². The Balaban J connectivity index is 1.74. The molecule has 4 heteroatoms. The fraction of sp³-hybridized carbons (Fsp3) is 0.562. The molecule has 0 bridgehead atoms. The van der Waals surface area contributed by atoms with Crippen molar-refractivity contribution in [3.8, 4) is 0 Å². The van der Waals surface area contributed by atoms with Gasteiger partial charge in [0.25, 0.3) is 0 Å². The van der Waals surface area contributed by atoms with Crippen LogP contribution in [0.3, 0.4) is 0 Å². The van der Waals surface area contributed by atoms with E-state index in [0.717, 1.165) is 11.7 Å². The van der Waals surface area contributed by atoms with Gasteiger partial charge in [-0.25, -0.2) is 0 Å². The Morgan fingerprint density at radius 2 is 2.10 bits per heavy atom. The van der Waals surface area contributed by atoms with Crippen molar-refractivity contribution in [1.29, 1.82) is 0 Å². The molecule has 1 unspecified atom stereocenters. The summed E-state index contributed by atoms with van der Waals surface area (Å²) in [5, 5.41) is 2.79. The van der Waals surface area contributed by atoms with Gasteiger partial charge in [-0.3, -0.25) is 4.79 Å². The molecule has 0 aromatic heterocycles. The van der Waals surface area contributed by atoms with E-state index in [-0.39, 0.29) is 5.91 Å².